The molecule has 3 unspecified atom stereocenters. The molecule has 0 heteroatoms. The number of fused-ring (bicyclic) bond motifs is 2. The van der Waals surface area contributed by atoms with Crippen LogP contribution in [0, 0.1) is 24.7 Å². The fourth-order valence-corrected chi connectivity index (χ4v) is 2.38. The minimum absolute atomic E-state index is 0.828. The molecule has 3 atom stereocenters. The van der Waals surface area contributed by atoms with Crippen molar-refractivity contribution in [3.8, 4) is 0 Å². The normalized spacial score (nSPS) is 52.9. The van der Waals surface area contributed by atoms with Crippen molar-refractivity contribution in [2.75, 3.05) is 0 Å². The molecule has 2 aliphatic carbocycles. The van der Waals surface area contributed by atoms with Crippen LogP contribution in [-0.2, 0) is 0 Å². The fourth-order valence-electron chi connectivity index (χ4n) is 2.38. The highest BCUT2D eigenvalue weighted by molar-refractivity contribution is 4.90. The fraction of sp³-hybridized carbons (Fsp3) is 0.875. The molecule has 0 amide bonds. The summed E-state index contributed by atoms with van der Waals surface area (Å²) in [6.07, 6.45) is 5.94. The SMILES string of the molecule is [CH2]C1CC2CCC1C2. The number of hydrogen-bond donors (Lipinski definition) is 0. The van der Waals surface area contributed by atoms with Gasteiger partial charge in [-0.3, -0.25) is 0 Å². The Balaban J connectivity index is 2.11. The molecule has 45 valence electrons. The van der Waals surface area contributed by atoms with Gasteiger partial charge in [0.1, 0.15) is 0 Å². The van der Waals surface area contributed by atoms with E-state index in [9.17, 15) is 0 Å². The maximum Gasteiger partial charge on any atom is -0.0383 e. The molecule has 0 aromatic rings. The van der Waals surface area contributed by atoms with Crippen LogP contribution in [0.25, 0.3) is 0 Å². The van der Waals surface area contributed by atoms with Gasteiger partial charge < -0.3 is 0 Å². The molecule has 1 radical (unpaired) electrons. The molecule has 0 aliphatic heterocycles. The van der Waals surface area contributed by atoms with Crippen LogP contribution in [0.4, 0.5) is 0 Å². The molecule has 2 saturated carbocycles. The monoisotopic (exact) mass is 109 g/mol. The maximum absolute atomic E-state index is 4.12. The van der Waals surface area contributed by atoms with E-state index < -0.39 is 0 Å². The molecular weight excluding hydrogens is 96.1 g/mol. The first-order valence-electron chi connectivity index (χ1n) is 3.69. The quantitative estimate of drug-likeness (QED) is 0.447. The molecule has 8 heavy (non-hydrogen) atoms. The van der Waals surface area contributed by atoms with Crippen LogP contribution in [0.3, 0.4) is 0 Å². The smallest absolute Gasteiger partial charge is 0.0383 e. The van der Waals surface area contributed by atoms with E-state index in [0.717, 1.165) is 17.8 Å². The van der Waals surface area contributed by atoms with Gasteiger partial charge in [0.25, 0.3) is 0 Å². The zero-order chi connectivity index (χ0) is 5.56. The minimum Gasteiger partial charge on any atom is -0.0502 e. The predicted octanol–water partition coefficient (Wildman–Crippen LogP) is 2.26. The first-order chi connectivity index (χ1) is 3.86. The van der Waals surface area contributed by atoms with E-state index in [1.807, 2.05) is 0 Å². The third kappa shape index (κ3) is 0.519. The summed E-state index contributed by atoms with van der Waals surface area (Å²) < 4.78 is 0. The predicted molar refractivity (Wildman–Crippen MR) is 34.3 cm³/mol. The molecule has 2 fully saturated rings. The average molecular weight is 109 g/mol. The van der Waals surface area contributed by atoms with Crippen molar-refractivity contribution in [1.82, 2.24) is 0 Å². The highest BCUT2D eigenvalue weighted by Crippen LogP contribution is 2.47. The number of hydrogen-bond acceptors (Lipinski definition) is 0. The second kappa shape index (κ2) is 1.49. The molecule has 0 aromatic carbocycles. The molecule has 0 aromatic heterocycles. The van der Waals surface area contributed by atoms with Crippen LogP contribution in [-0.4, -0.2) is 0 Å². The molecule has 2 rings (SSSR count). The second-order valence-corrected chi connectivity index (χ2v) is 3.43. The van der Waals surface area contributed by atoms with Crippen LogP contribution in [0.2, 0.25) is 0 Å². The van der Waals surface area contributed by atoms with Gasteiger partial charge in [0.05, 0.1) is 0 Å². The standard InChI is InChI=1S/C8H13/c1-6-4-7-2-3-8(6)5-7/h6-8H,1-5H2. The topological polar surface area (TPSA) is 0 Å². The van der Waals surface area contributed by atoms with Crippen molar-refractivity contribution in [3.63, 3.8) is 0 Å². The molecule has 2 bridgehead atoms. The minimum atomic E-state index is 0.828. The van der Waals surface area contributed by atoms with Gasteiger partial charge in [-0.15, -0.1) is 0 Å². The lowest BCUT2D eigenvalue weighted by Crippen LogP contribution is -2.05. The molecule has 0 spiro atoms. The summed E-state index contributed by atoms with van der Waals surface area (Å²) in [5, 5.41) is 0. The van der Waals surface area contributed by atoms with Gasteiger partial charge in [-0.25, -0.2) is 0 Å². The van der Waals surface area contributed by atoms with Crippen LogP contribution in [0.5, 0.6) is 0 Å². The van der Waals surface area contributed by atoms with Gasteiger partial charge in [0.2, 0.25) is 0 Å². The van der Waals surface area contributed by atoms with Crippen LogP contribution in [0.15, 0.2) is 0 Å². The van der Waals surface area contributed by atoms with E-state index in [2.05, 4.69) is 6.92 Å². The first-order valence-corrected chi connectivity index (χ1v) is 3.69. The summed E-state index contributed by atoms with van der Waals surface area (Å²) >= 11 is 0. The summed E-state index contributed by atoms with van der Waals surface area (Å²) in [6.45, 7) is 4.12. The van der Waals surface area contributed by atoms with Crippen LogP contribution in [0.1, 0.15) is 25.7 Å². The molecule has 0 heterocycles. The van der Waals surface area contributed by atoms with Crippen molar-refractivity contribution >= 4 is 0 Å². The third-order valence-electron chi connectivity index (χ3n) is 2.88. The van der Waals surface area contributed by atoms with Gasteiger partial charge in [-0.1, -0.05) is 6.42 Å². The molecule has 0 N–H and O–H groups in total. The lowest BCUT2D eigenvalue weighted by atomic mass is 9.91. The average Bonchev–Trinajstić information content (AvgIpc) is 2.23. The summed E-state index contributed by atoms with van der Waals surface area (Å²) in [5.74, 6) is 2.94. The molecule has 0 saturated heterocycles. The first kappa shape index (κ1) is 4.84. The Morgan fingerprint density at radius 3 is 2.25 bits per heavy atom. The van der Waals surface area contributed by atoms with Crippen LogP contribution < -0.4 is 0 Å². The van der Waals surface area contributed by atoms with E-state index in [0.29, 0.717) is 0 Å². The summed E-state index contributed by atoms with van der Waals surface area (Å²) in [4.78, 5) is 0. The summed E-state index contributed by atoms with van der Waals surface area (Å²) in [6, 6.07) is 0. The number of rotatable bonds is 0. The van der Waals surface area contributed by atoms with Crippen molar-refractivity contribution in [2.24, 2.45) is 17.8 Å². The van der Waals surface area contributed by atoms with Crippen molar-refractivity contribution < 1.29 is 0 Å². The maximum atomic E-state index is 4.12. The van der Waals surface area contributed by atoms with E-state index in [1.54, 1.807) is 0 Å². The van der Waals surface area contributed by atoms with Crippen molar-refractivity contribution in [1.29, 1.82) is 0 Å². The molecular formula is C8H13. The third-order valence-corrected chi connectivity index (χ3v) is 2.88. The summed E-state index contributed by atoms with van der Waals surface area (Å²) in [5.41, 5.74) is 0. The Hall–Kier alpha value is 0. The summed E-state index contributed by atoms with van der Waals surface area (Å²) in [7, 11) is 0. The van der Waals surface area contributed by atoms with Gasteiger partial charge in [-0.2, -0.15) is 0 Å². The lowest BCUT2D eigenvalue weighted by Gasteiger charge is -2.15. The lowest BCUT2D eigenvalue weighted by molar-refractivity contribution is 0.392. The molecule has 0 nitrogen and oxygen atoms in total. The highest BCUT2D eigenvalue weighted by Gasteiger charge is 2.36. The van der Waals surface area contributed by atoms with Crippen molar-refractivity contribution in [2.45, 2.75) is 25.7 Å². The largest absolute Gasteiger partial charge is 0.0502 e. The van der Waals surface area contributed by atoms with Gasteiger partial charge >= 0.3 is 0 Å². The Bertz CT molecular complexity index is 94.2. The highest BCUT2D eigenvalue weighted by atomic mass is 14.4. The van der Waals surface area contributed by atoms with Gasteiger partial charge in [-0.05, 0) is 43.9 Å². The van der Waals surface area contributed by atoms with Gasteiger partial charge in [0.15, 0.2) is 0 Å². The van der Waals surface area contributed by atoms with E-state index in [-0.39, 0.29) is 0 Å². The Kier molecular flexibility index (Phi) is 0.902. The van der Waals surface area contributed by atoms with E-state index in [1.165, 1.54) is 25.7 Å². The van der Waals surface area contributed by atoms with Crippen molar-refractivity contribution in [3.05, 3.63) is 6.92 Å². The molecule has 2 aliphatic rings. The second-order valence-electron chi connectivity index (χ2n) is 3.43. The zero-order valence-corrected chi connectivity index (χ0v) is 5.27. The Labute approximate surface area is 51.3 Å². The van der Waals surface area contributed by atoms with Gasteiger partial charge in [0, 0.05) is 0 Å². The Morgan fingerprint density at radius 2 is 2.00 bits per heavy atom. The Morgan fingerprint density at radius 1 is 1.12 bits per heavy atom. The van der Waals surface area contributed by atoms with E-state index >= 15 is 0 Å². The van der Waals surface area contributed by atoms with Crippen LogP contribution >= 0.6 is 0 Å². The van der Waals surface area contributed by atoms with E-state index in [4.69, 9.17) is 0 Å². The zero-order valence-electron chi connectivity index (χ0n) is 5.27.